The number of rotatable bonds is 2. The Labute approximate surface area is 117 Å². The van der Waals surface area contributed by atoms with Gasteiger partial charge in [0.05, 0.1) is 11.1 Å². The Morgan fingerprint density at radius 1 is 1.00 bits per heavy atom. The second-order valence-corrected chi connectivity index (χ2v) is 4.54. The Morgan fingerprint density at radius 2 is 1.67 bits per heavy atom. The number of benzene rings is 2. The van der Waals surface area contributed by atoms with E-state index in [9.17, 15) is 18.4 Å². The summed E-state index contributed by atoms with van der Waals surface area (Å²) in [5, 5.41) is -0.0596. The predicted molar refractivity (Wildman–Crippen MR) is 74.4 cm³/mol. The van der Waals surface area contributed by atoms with Crippen molar-refractivity contribution < 1.29 is 13.6 Å². The quantitative estimate of drug-likeness (QED) is 0.736. The van der Waals surface area contributed by atoms with Gasteiger partial charge in [-0.1, -0.05) is 30.3 Å². The maximum Gasteiger partial charge on any atom is 0.200 e. The van der Waals surface area contributed by atoms with E-state index in [4.69, 9.17) is 0 Å². The summed E-state index contributed by atoms with van der Waals surface area (Å²) in [4.78, 5) is 27.2. The van der Waals surface area contributed by atoms with Crippen molar-refractivity contribution in [2.45, 2.75) is 0 Å². The number of H-pyrrole nitrogens is 1. The molecule has 0 unspecified atom stereocenters. The van der Waals surface area contributed by atoms with Crippen molar-refractivity contribution in [3.8, 4) is 0 Å². The van der Waals surface area contributed by atoms with Crippen LogP contribution in [0.25, 0.3) is 10.9 Å². The molecule has 1 N–H and O–H groups in total. The molecule has 0 saturated heterocycles. The second-order valence-electron chi connectivity index (χ2n) is 4.54. The highest BCUT2D eigenvalue weighted by Gasteiger charge is 2.16. The Hall–Kier alpha value is -2.82. The van der Waals surface area contributed by atoms with Crippen LogP contribution >= 0.6 is 0 Å². The molecule has 0 fully saturated rings. The van der Waals surface area contributed by atoms with Crippen LogP contribution in [-0.2, 0) is 0 Å². The largest absolute Gasteiger partial charge is 0.360 e. The highest BCUT2D eigenvalue weighted by molar-refractivity contribution is 6.10. The Kier molecular flexibility index (Phi) is 3.10. The van der Waals surface area contributed by atoms with Crippen molar-refractivity contribution in [2.75, 3.05) is 0 Å². The maximum absolute atomic E-state index is 13.3. The number of hydrogen-bond donors (Lipinski definition) is 1. The van der Waals surface area contributed by atoms with Gasteiger partial charge < -0.3 is 4.98 Å². The van der Waals surface area contributed by atoms with E-state index in [-0.39, 0.29) is 16.5 Å². The summed E-state index contributed by atoms with van der Waals surface area (Å²) in [6, 6.07) is 9.96. The van der Waals surface area contributed by atoms with Gasteiger partial charge in [-0.15, -0.1) is 0 Å². The van der Waals surface area contributed by atoms with Gasteiger partial charge in [-0.25, -0.2) is 8.78 Å². The van der Waals surface area contributed by atoms with Gasteiger partial charge in [0, 0.05) is 23.2 Å². The standard InChI is InChI=1S/C16H9F2NO2/c17-12-6-10-14(7-13(12)18)19-8-11(16(10)21)15(20)9-4-2-1-3-5-9/h1-8H,(H,19,21). The first-order valence-electron chi connectivity index (χ1n) is 6.18. The van der Waals surface area contributed by atoms with Crippen LogP contribution in [0.2, 0.25) is 0 Å². The average molecular weight is 285 g/mol. The minimum absolute atomic E-state index is 0.0596. The van der Waals surface area contributed by atoms with Crippen molar-refractivity contribution in [3.05, 3.63) is 81.6 Å². The van der Waals surface area contributed by atoms with Crippen LogP contribution in [0.5, 0.6) is 0 Å². The van der Waals surface area contributed by atoms with E-state index >= 15 is 0 Å². The molecular weight excluding hydrogens is 276 g/mol. The molecule has 0 bridgehead atoms. The molecular formula is C16H9F2NO2. The van der Waals surface area contributed by atoms with E-state index < -0.39 is 22.8 Å². The summed E-state index contributed by atoms with van der Waals surface area (Å²) < 4.78 is 26.4. The van der Waals surface area contributed by atoms with Crippen LogP contribution in [0.3, 0.4) is 0 Å². The lowest BCUT2D eigenvalue weighted by atomic mass is 10.0. The van der Waals surface area contributed by atoms with Gasteiger partial charge in [0.25, 0.3) is 0 Å². The number of nitrogens with one attached hydrogen (secondary N) is 1. The first kappa shape index (κ1) is 13.2. The molecule has 3 rings (SSSR count). The second kappa shape index (κ2) is 4.94. The smallest absolute Gasteiger partial charge is 0.200 e. The van der Waals surface area contributed by atoms with E-state index in [1.807, 2.05) is 0 Å². The van der Waals surface area contributed by atoms with Gasteiger partial charge >= 0.3 is 0 Å². The van der Waals surface area contributed by atoms with Gasteiger partial charge in [0.15, 0.2) is 17.4 Å². The van der Waals surface area contributed by atoms with E-state index in [1.54, 1.807) is 30.3 Å². The molecule has 0 saturated carbocycles. The van der Waals surface area contributed by atoms with E-state index in [2.05, 4.69) is 4.98 Å². The first-order chi connectivity index (χ1) is 10.1. The van der Waals surface area contributed by atoms with Crippen molar-refractivity contribution in [2.24, 2.45) is 0 Å². The van der Waals surface area contributed by atoms with Crippen molar-refractivity contribution in [1.82, 2.24) is 4.98 Å². The van der Waals surface area contributed by atoms with Crippen molar-refractivity contribution >= 4 is 16.7 Å². The molecule has 0 amide bonds. The lowest BCUT2D eigenvalue weighted by Gasteiger charge is -2.04. The zero-order valence-electron chi connectivity index (χ0n) is 10.7. The monoisotopic (exact) mass is 285 g/mol. The zero-order valence-corrected chi connectivity index (χ0v) is 10.7. The molecule has 0 aliphatic heterocycles. The molecule has 104 valence electrons. The molecule has 3 aromatic rings. The maximum atomic E-state index is 13.3. The third-order valence-electron chi connectivity index (χ3n) is 3.20. The molecule has 5 heteroatoms. The van der Waals surface area contributed by atoms with Crippen LogP contribution < -0.4 is 5.43 Å². The van der Waals surface area contributed by atoms with Gasteiger partial charge in [-0.3, -0.25) is 9.59 Å². The van der Waals surface area contributed by atoms with E-state index in [1.165, 1.54) is 6.20 Å². The topological polar surface area (TPSA) is 49.9 Å². The van der Waals surface area contributed by atoms with Crippen LogP contribution in [0.4, 0.5) is 8.78 Å². The summed E-state index contributed by atoms with van der Waals surface area (Å²) in [5.41, 5.74) is -0.246. The fourth-order valence-electron chi connectivity index (χ4n) is 2.13. The van der Waals surface area contributed by atoms with Gasteiger partial charge in [0.2, 0.25) is 5.43 Å². The number of ketones is 1. The first-order valence-corrected chi connectivity index (χ1v) is 6.18. The third-order valence-corrected chi connectivity index (χ3v) is 3.20. The minimum Gasteiger partial charge on any atom is -0.360 e. The lowest BCUT2D eigenvalue weighted by molar-refractivity contribution is 0.103. The predicted octanol–water partition coefficient (Wildman–Crippen LogP) is 3.04. The summed E-state index contributed by atoms with van der Waals surface area (Å²) in [5.74, 6) is -2.65. The summed E-state index contributed by atoms with van der Waals surface area (Å²) in [6.07, 6.45) is 1.22. The van der Waals surface area contributed by atoms with Gasteiger partial charge in [-0.2, -0.15) is 0 Å². The molecule has 0 aliphatic rings. The number of fused-ring (bicyclic) bond motifs is 1. The van der Waals surface area contributed by atoms with Gasteiger partial charge in [-0.05, 0) is 6.07 Å². The minimum atomic E-state index is -1.13. The molecule has 0 aliphatic carbocycles. The number of carbonyl (C=O) groups is 1. The van der Waals surface area contributed by atoms with E-state index in [0.717, 1.165) is 12.1 Å². The fourth-order valence-corrected chi connectivity index (χ4v) is 2.13. The molecule has 1 aromatic heterocycles. The highest BCUT2D eigenvalue weighted by Crippen LogP contribution is 2.15. The zero-order chi connectivity index (χ0) is 15.0. The SMILES string of the molecule is O=C(c1ccccc1)c1c[nH]c2cc(F)c(F)cc2c1=O. The summed E-state index contributed by atoms with van der Waals surface area (Å²) in [6.45, 7) is 0. The lowest BCUT2D eigenvalue weighted by Crippen LogP contribution is -2.17. The fraction of sp³-hybridized carbons (Fsp3) is 0. The number of carbonyl (C=O) groups excluding carboxylic acids is 1. The number of pyridine rings is 1. The third kappa shape index (κ3) is 2.23. The molecule has 21 heavy (non-hydrogen) atoms. The average Bonchev–Trinajstić information content (AvgIpc) is 2.50. The van der Waals surface area contributed by atoms with Crippen molar-refractivity contribution in [1.29, 1.82) is 0 Å². The highest BCUT2D eigenvalue weighted by atomic mass is 19.2. The van der Waals surface area contributed by atoms with Crippen LogP contribution in [-0.4, -0.2) is 10.8 Å². The molecule has 1 heterocycles. The summed E-state index contributed by atoms with van der Waals surface area (Å²) >= 11 is 0. The Balaban J connectivity index is 2.21. The molecule has 3 nitrogen and oxygen atoms in total. The molecule has 0 radical (unpaired) electrons. The number of aromatic amines is 1. The normalized spacial score (nSPS) is 10.8. The van der Waals surface area contributed by atoms with Crippen LogP contribution in [0.15, 0.2) is 53.5 Å². The van der Waals surface area contributed by atoms with Crippen LogP contribution in [0.1, 0.15) is 15.9 Å². The Morgan fingerprint density at radius 3 is 2.38 bits per heavy atom. The molecule has 0 atom stereocenters. The van der Waals surface area contributed by atoms with Gasteiger partial charge in [0.1, 0.15) is 0 Å². The molecule has 2 aromatic carbocycles. The van der Waals surface area contributed by atoms with E-state index in [0.29, 0.717) is 5.56 Å². The Bertz CT molecular complexity index is 901. The van der Waals surface area contributed by atoms with Crippen molar-refractivity contribution in [3.63, 3.8) is 0 Å². The van der Waals surface area contributed by atoms with Crippen LogP contribution in [0, 0.1) is 11.6 Å². The number of hydrogen-bond acceptors (Lipinski definition) is 2. The number of halogens is 2. The number of aromatic nitrogens is 1. The molecule has 0 spiro atoms. The summed E-state index contributed by atoms with van der Waals surface area (Å²) in [7, 11) is 0.